The monoisotopic (exact) mass is 935 g/mol. The molecule has 1 amide bonds. The number of ether oxygens (including phenoxy) is 3. The van der Waals surface area contributed by atoms with E-state index < -0.39 is 24.4 Å². The number of likely N-dealkylation sites (N-methyl/N-ethyl adjacent to an activating group) is 1. The van der Waals surface area contributed by atoms with Gasteiger partial charge in [-0.05, 0) is 118 Å². The van der Waals surface area contributed by atoms with E-state index in [1.807, 2.05) is 20.9 Å². The molecule has 8 bridgehead atoms. The number of hydrogen-bond donors (Lipinski definition) is 7. The number of nitrogens with zero attached hydrogens (tertiary/aromatic N) is 3. The van der Waals surface area contributed by atoms with E-state index in [2.05, 4.69) is 62.8 Å². The SMILES string of the molecule is CCc1c(C)c2cc3[nH]c(cc4nc(c(C)c5nc(cc1[nH]2)C(C)=C5C(=O)N(C)CCCSC1CC(O)CC(CO)O1)CC4C)c(C)c3C(C)OCCCSC1CC(O)[C@H](O)C(CO)O1. The number of aliphatic hydroxyl groups excluding tert-OH is 5. The minimum Gasteiger partial charge on any atom is -0.394 e. The number of thioether (sulfide) groups is 2. The summed E-state index contributed by atoms with van der Waals surface area (Å²) in [7, 11) is 1.84. The lowest BCUT2D eigenvalue weighted by molar-refractivity contribution is -0.157. The summed E-state index contributed by atoms with van der Waals surface area (Å²) in [5, 5.41) is 49.7. The maximum Gasteiger partial charge on any atom is 0.256 e. The fraction of sp³-hybridized carbons (Fsp3) is 0.612. The smallest absolute Gasteiger partial charge is 0.256 e. The van der Waals surface area contributed by atoms with Crippen LogP contribution >= 0.6 is 23.5 Å². The zero-order valence-electron chi connectivity index (χ0n) is 39.1. The van der Waals surface area contributed by atoms with Gasteiger partial charge in [-0.2, -0.15) is 0 Å². The summed E-state index contributed by atoms with van der Waals surface area (Å²) in [6.45, 7) is 15.3. The number of allylic oxidation sites excluding steroid dienone is 1. The van der Waals surface area contributed by atoms with Crippen LogP contribution in [0, 0.1) is 20.8 Å². The average molecular weight is 936 g/mol. The van der Waals surface area contributed by atoms with Crippen LogP contribution in [0.15, 0.2) is 18.2 Å². The Kier molecular flexibility index (Phi) is 16.6. The Balaban J connectivity index is 1.18. The van der Waals surface area contributed by atoms with Crippen LogP contribution in [0.3, 0.4) is 0 Å². The molecule has 65 heavy (non-hydrogen) atoms. The Bertz CT molecular complexity index is 2380. The molecule has 9 atom stereocenters. The summed E-state index contributed by atoms with van der Waals surface area (Å²) in [6.07, 6.45) is 0.418. The van der Waals surface area contributed by atoms with Gasteiger partial charge in [0.05, 0.1) is 54.6 Å². The molecule has 3 aromatic heterocycles. The van der Waals surface area contributed by atoms with Gasteiger partial charge in [-0.25, -0.2) is 4.98 Å². The van der Waals surface area contributed by atoms with E-state index in [0.29, 0.717) is 50.1 Å². The lowest BCUT2D eigenvalue weighted by atomic mass is 9.98. The van der Waals surface area contributed by atoms with Gasteiger partial charge in [-0.1, -0.05) is 13.8 Å². The Hall–Kier alpha value is -3.29. The third-order valence-corrected chi connectivity index (χ3v) is 15.9. The third-order valence-electron chi connectivity index (χ3n) is 13.5. The Morgan fingerprint density at radius 3 is 2.32 bits per heavy atom. The number of rotatable bonds is 16. The molecule has 2 saturated heterocycles. The van der Waals surface area contributed by atoms with Crippen LogP contribution in [0.5, 0.6) is 0 Å². The number of amides is 1. The van der Waals surface area contributed by atoms with Crippen molar-refractivity contribution in [1.82, 2.24) is 24.8 Å². The first-order chi connectivity index (χ1) is 31.1. The van der Waals surface area contributed by atoms with Crippen LogP contribution in [0.1, 0.15) is 122 Å². The highest BCUT2D eigenvalue weighted by Crippen LogP contribution is 2.38. The molecule has 7 rings (SSSR count). The molecule has 16 heteroatoms. The summed E-state index contributed by atoms with van der Waals surface area (Å²) in [4.78, 5) is 34.2. The second-order valence-electron chi connectivity index (χ2n) is 18.2. The van der Waals surface area contributed by atoms with Crippen molar-refractivity contribution in [3.8, 4) is 0 Å². The van der Waals surface area contributed by atoms with Crippen LogP contribution in [0.25, 0.3) is 33.2 Å². The highest BCUT2D eigenvalue weighted by molar-refractivity contribution is 7.99. The van der Waals surface area contributed by atoms with Crippen molar-refractivity contribution in [3.05, 3.63) is 68.8 Å². The van der Waals surface area contributed by atoms with E-state index in [-0.39, 0.29) is 48.1 Å². The number of aromatic amines is 2. The molecule has 0 saturated carbocycles. The Morgan fingerprint density at radius 2 is 1.60 bits per heavy atom. The molecule has 0 aromatic carbocycles. The standard InChI is InChI=1S/C49H69N5O9S2/c1-9-33-26(3)36-21-40-45(30(7)61-13-11-15-65-44-22-41(58)48(59)42(24-56)63-44)27(4)37(52-40)19-34-25(2)16-35(50-34)29(6)47-46(28(5)38(53-47)20-39(33)51-36)49(60)54(8)12-10-14-64-43-18-31(57)17-32(23-55)62-43/h19-21,25,30-32,41-44,48,51-52,55-59H,9-18,22-24H2,1-8H3/t25?,30?,31?,32?,41?,42?,43?,44?,48-/m0/s1. The number of fused-ring (bicyclic) bond motifs is 8. The first kappa shape index (κ1) is 49.6. The summed E-state index contributed by atoms with van der Waals surface area (Å²) in [5.74, 6) is 1.53. The van der Waals surface area contributed by atoms with Crippen LogP contribution in [0.2, 0.25) is 0 Å². The van der Waals surface area contributed by atoms with E-state index in [0.717, 1.165) is 97.7 Å². The maximum absolute atomic E-state index is 14.5. The van der Waals surface area contributed by atoms with Crippen molar-refractivity contribution in [2.24, 2.45) is 0 Å². The quantitative estimate of drug-likeness (QED) is 0.0763. The van der Waals surface area contributed by atoms with Gasteiger partial charge >= 0.3 is 0 Å². The number of hydrogen-bond acceptors (Lipinski definition) is 13. The molecule has 7 N–H and O–H groups in total. The van der Waals surface area contributed by atoms with Crippen molar-refractivity contribution in [2.45, 2.75) is 147 Å². The second kappa shape index (κ2) is 21.8. The summed E-state index contributed by atoms with van der Waals surface area (Å²) in [5.41, 5.74) is 13.4. The molecule has 0 aliphatic carbocycles. The van der Waals surface area contributed by atoms with Gasteiger partial charge < -0.3 is 54.6 Å². The molecule has 7 heterocycles. The molecule has 0 radical (unpaired) electrons. The molecule has 4 aliphatic heterocycles. The fourth-order valence-electron chi connectivity index (χ4n) is 9.53. The number of aryl methyl sites for hydroxylation is 3. The molecular formula is C49H69N5O9S2. The predicted octanol–water partition coefficient (Wildman–Crippen LogP) is 6.55. The zero-order chi connectivity index (χ0) is 46.7. The highest BCUT2D eigenvalue weighted by Gasteiger charge is 2.36. The first-order valence-corrected chi connectivity index (χ1v) is 25.3. The molecule has 356 valence electrons. The van der Waals surface area contributed by atoms with Crippen LogP contribution < -0.4 is 0 Å². The molecule has 0 spiro atoms. The highest BCUT2D eigenvalue weighted by atomic mass is 32.2. The van der Waals surface area contributed by atoms with E-state index in [4.69, 9.17) is 24.2 Å². The lowest BCUT2D eigenvalue weighted by Gasteiger charge is -2.36. The number of aromatic nitrogens is 4. The van der Waals surface area contributed by atoms with E-state index in [1.165, 1.54) is 5.56 Å². The number of nitrogens with one attached hydrogen (secondary N) is 2. The molecule has 2 fully saturated rings. The lowest BCUT2D eigenvalue weighted by Crippen LogP contribution is -2.49. The molecular weight excluding hydrogens is 867 g/mol. The van der Waals surface area contributed by atoms with E-state index in [9.17, 15) is 30.3 Å². The van der Waals surface area contributed by atoms with Gasteiger partial charge in [0.2, 0.25) is 0 Å². The number of H-pyrrole nitrogens is 2. The zero-order valence-corrected chi connectivity index (χ0v) is 40.8. The maximum atomic E-state index is 14.5. The summed E-state index contributed by atoms with van der Waals surface area (Å²) < 4.78 is 18.3. The van der Waals surface area contributed by atoms with Crippen molar-refractivity contribution in [1.29, 1.82) is 0 Å². The van der Waals surface area contributed by atoms with Crippen molar-refractivity contribution < 1.29 is 44.5 Å². The molecule has 14 nitrogen and oxygen atoms in total. The normalized spacial score (nSPS) is 25.3. The fourth-order valence-corrected chi connectivity index (χ4v) is 11.8. The van der Waals surface area contributed by atoms with Gasteiger partial charge in [0.15, 0.2) is 0 Å². The molecule has 4 aliphatic rings. The van der Waals surface area contributed by atoms with Crippen LogP contribution in [-0.4, -0.2) is 143 Å². The van der Waals surface area contributed by atoms with Gasteiger partial charge in [-0.15, -0.1) is 23.5 Å². The largest absolute Gasteiger partial charge is 0.394 e. The van der Waals surface area contributed by atoms with Crippen molar-refractivity contribution in [3.63, 3.8) is 0 Å². The second-order valence-corrected chi connectivity index (χ2v) is 20.7. The Labute approximate surface area is 391 Å². The minimum absolute atomic E-state index is 0.0849. The Morgan fingerprint density at radius 1 is 0.892 bits per heavy atom. The van der Waals surface area contributed by atoms with Crippen molar-refractivity contribution in [2.75, 3.05) is 44.9 Å². The molecule has 8 unspecified atom stereocenters. The van der Waals surface area contributed by atoms with Gasteiger partial charge in [0, 0.05) is 84.4 Å². The summed E-state index contributed by atoms with van der Waals surface area (Å²) in [6, 6.07) is 6.41. The van der Waals surface area contributed by atoms with Gasteiger partial charge in [0.25, 0.3) is 5.91 Å². The minimum atomic E-state index is -1.09. The van der Waals surface area contributed by atoms with Crippen LogP contribution in [0.4, 0.5) is 0 Å². The number of aliphatic hydroxyl groups is 5. The topological polar surface area (TPSA) is 207 Å². The number of carbonyl (C=O) groups is 1. The number of carbonyl (C=O) groups excluding carboxylic acids is 1. The van der Waals surface area contributed by atoms with E-state index in [1.54, 1.807) is 28.4 Å². The van der Waals surface area contributed by atoms with Crippen molar-refractivity contribution >= 4 is 62.6 Å². The molecule has 3 aromatic rings. The predicted molar refractivity (Wildman–Crippen MR) is 259 cm³/mol. The first-order valence-electron chi connectivity index (χ1n) is 23.2. The summed E-state index contributed by atoms with van der Waals surface area (Å²) >= 11 is 3.18. The third kappa shape index (κ3) is 11.0. The van der Waals surface area contributed by atoms with E-state index >= 15 is 0 Å². The van der Waals surface area contributed by atoms with Gasteiger partial charge in [-0.3, -0.25) is 9.78 Å². The van der Waals surface area contributed by atoms with Gasteiger partial charge in [0.1, 0.15) is 23.1 Å². The van der Waals surface area contributed by atoms with Crippen LogP contribution in [-0.2, 0) is 31.8 Å². The average Bonchev–Trinajstić information content (AvgIpc) is 3.99.